The molecule has 7 heterocycles. The summed E-state index contributed by atoms with van der Waals surface area (Å²) in [5, 5.41) is 119. The first-order valence-corrected chi connectivity index (χ1v) is 51.1. The number of aromatic hydroxyl groups is 1. The molecule has 9 rings (SSSR count). The number of halogens is 1. The lowest BCUT2D eigenvalue weighted by Gasteiger charge is -2.56. The maximum atomic E-state index is 14.6. The molecule has 0 radical (unpaired) electrons. The zero-order valence-electron chi connectivity index (χ0n) is 84.8. The number of allylic oxidation sites excluding steroid dienone is 5. The van der Waals surface area contributed by atoms with Gasteiger partial charge in [-0.1, -0.05) is 171 Å². The van der Waals surface area contributed by atoms with Crippen LogP contribution in [0.5, 0.6) is 5.75 Å². The van der Waals surface area contributed by atoms with Crippen molar-refractivity contribution in [3.8, 4) is 5.75 Å². The van der Waals surface area contributed by atoms with E-state index in [9.17, 15) is 88.5 Å². The van der Waals surface area contributed by atoms with E-state index in [1.807, 2.05) is 121 Å². The summed E-state index contributed by atoms with van der Waals surface area (Å²) in [5.41, 5.74) is 9.51. The number of hydrogen-bond donors (Lipinski definition) is 17. The van der Waals surface area contributed by atoms with Gasteiger partial charge in [0, 0.05) is 93.0 Å². The third kappa shape index (κ3) is 38.7. The number of carbonyl (C=O) groups is 11. The number of hydrazone groups is 1. The number of nitrogens with one attached hydrogen (secondary N) is 7. The van der Waals surface area contributed by atoms with Crippen molar-refractivity contribution >= 4 is 82.7 Å². The summed E-state index contributed by atoms with van der Waals surface area (Å²) in [6, 6.07) is 2.04. The van der Waals surface area contributed by atoms with Crippen molar-refractivity contribution in [1.29, 1.82) is 0 Å². The third-order valence-corrected chi connectivity index (χ3v) is 28.5. The van der Waals surface area contributed by atoms with Gasteiger partial charge in [0.25, 0.3) is 0 Å². The number of alkyl halides is 1. The summed E-state index contributed by atoms with van der Waals surface area (Å²) in [5.74, 6) is -8.83. The van der Waals surface area contributed by atoms with E-state index in [0.717, 1.165) is 50.5 Å². The van der Waals surface area contributed by atoms with Crippen LogP contribution >= 0.6 is 11.6 Å². The fourth-order valence-electron chi connectivity index (χ4n) is 19.0. The van der Waals surface area contributed by atoms with Gasteiger partial charge in [0.15, 0.2) is 17.9 Å². The Morgan fingerprint density at radius 1 is 0.783 bits per heavy atom. The average molecular weight is 1970 g/mol. The first-order chi connectivity index (χ1) is 65.2. The van der Waals surface area contributed by atoms with Crippen molar-refractivity contribution < 1.29 is 118 Å². The lowest BCUT2D eigenvalue weighted by molar-refractivity contribution is -0.255. The van der Waals surface area contributed by atoms with Crippen molar-refractivity contribution in [3.05, 3.63) is 77.9 Å². The Kier molecular flexibility index (Phi) is 53.4. The summed E-state index contributed by atoms with van der Waals surface area (Å²) in [4.78, 5) is 141. The van der Waals surface area contributed by atoms with Gasteiger partial charge in [0.2, 0.25) is 23.6 Å². The highest BCUT2D eigenvalue weighted by Gasteiger charge is 2.57. The van der Waals surface area contributed by atoms with Crippen molar-refractivity contribution in [1.82, 2.24) is 47.6 Å². The Hall–Kier alpha value is -7.97. The number of ketones is 3. The molecule has 2 bridgehead atoms. The quantitative estimate of drug-likeness (QED) is 0.0142. The second-order valence-corrected chi connectivity index (χ2v) is 41.1. The van der Waals surface area contributed by atoms with E-state index in [1.54, 1.807) is 56.5 Å². The predicted octanol–water partition coefficient (Wildman–Crippen LogP) is 10.3. The number of hydrogen-bond acceptors (Lipinski definition) is 27. The molecule has 4 amide bonds. The molecular formula is C103H169ClN10O24. The molecule has 5 saturated heterocycles. The molecule has 1 spiro atoms. The number of piperidine rings is 2. The molecule has 7 aliphatic heterocycles. The molecule has 1 aromatic rings. The fourth-order valence-corrected chi connectivity index (χ4v) is 19.3. The molecule has 1 aliphatic carbocycles. The molecule has 138 heavy (non-hydrogen) atoms. The summed E-state index contributed by atoms with van der Waals surface area (Å²) < 4.78 is 18.1. The molecule has 17 N–H and O–H groups in total. The number of phenols is 1. The molecule has 7 unspecified atom stereocenters. The minimum Gasteiger partial charge on any atom is -0.508 e. The van der Waals surface area contributed by atoms with Crippen LogP contribution in [-0.2, 0) is 73.4 Å². The van der Waals surface area contributed by atoms with Crippen LogP contribution in [0.1, 0.15) is 277 Å². The molecule has 34 nitrogen and oxygen atoms in total. The lowest BCUT2D eigenvalue weighted by atomic mass is 9.61. The van der Waals surface area contributed by atoms with E-state index in [-0.39, 0.29) is 132 Å². The number of fused-ring (bicyclic) bond motifs is 2. The van der Waals surface area contributed by atoms with E-state index in [0.29, 0.717) is 121 Å². The predicted molar refractivity (Wildman–Crippen MR) is 527 cm³/mol. The zero-order chi connectivity index (χ0) is 103. The molecule has 1 aromatic carbocycles. The Bertz CT molecular complexity index is 4130. The first-order valence-electron chi connectivity index (χ1n) is 50.6. The van der Waals surface area contributed by atoms with Gasteiger partial charge >= 0.3 is 23.9 Å². The molecule has 6 fully saturated rings. The highest BCUT2D eigenvalue weighted by molar-refractivity contribution is 6.20. The van der Waals surface area contributed by atoms with Gasteiger partial charge in [-0.15, -0.1) is 11.6 Å². The number of hydrazine groups is 2. The van der Waals surface area contributed by atoms with Crippen LogP contribution in [0, 0.1) is 76.9 Å². The molecule has 8 aliphatic rings. The normalized spacial score (nSPS) is 30.9. The number of carboxylic acids is 3. The molecule has 26 atom stereocenters. The number of nitrogens with zero attached hydrogens (tertiary/aromatic N) is 3. The first kappa shape index (κ1) is 121. The maximum absolute atomic E-state index is 14.6. The van der Waals surface area contributed by atoms with E-state index < -0.39 is 150 Å². The average Bonchev–Trinajstić information content (AvgIpc) is 0.736. The Morgan fingerprint density at radius 3 is 2.08 bits per heavy atom. The molecule has 0 aromatic heterocycles. The van der Waals surface area contributed by atoms with E-state index in [4.69, 9.17) is 41.1 Å². The van der Waals surface area contributed by atoms with Gasteiger partial charge in [-0.2, -0.15) is 5.10 Å². The number of phenolic OH excluding ortho intramolecular Hbond substituents is 1. The van der Waals surface area contributed by atoms with E-state index in [1.165, 1.54) is 16.1 Å². The van der Waals surface area contributed by atoms with Gasteiger partial charge < -0.3 is 92.0 Å². The standard InChI is InChI=1S/C63H97N3O12.C21H37N3O5.C7H14N2O2.C6H10ClNO2.C6H11NO3/c1-12-46-31-41(8)63(36-54(46)71)44(11)58(72)43(10)56(78-63)35-52(69)39(6)21-15-13-16-22-40(7)55-27-18-14-17-26-51(68)42(9)59(73)49(29-28-37(2)3)60(74)64-57(38(4)5)53(70)34-47(32-45-23-19-24-48(67)33-45)61(75)66-30-20-25-50(65-66)62(76)77-55;1-6-17(25)19(14(4)5)23-20(28)16-8-7-11-22-24(16)21(29)15(12-18(26)27)10-9-13(2)3;1-2-11-7(10)6-4-3-5-8-9-6;7-4-1-2-8-5(3-4)6(9)10;8-4-2-1-3-7-5(4)6(9)10/h13-14,16-19,22-24,26,33,37-39,41-44,46-47,49-52,55-59,65,67-69,72-73H,12,15,20-21,25,27-32,34-36H2,1-11H3,(H,64,74);13-16,19,22H,6-12H2,1-5H3,(H,23,28)(H,26,27);5-7,9-10H,2-4H2,1H3;4-5,8H,1-3H2,(H,9,10);4-5,7-8H,1-3H2,(H,9,10)/b16-13+,18-14+,26-17+,40-22+;;;;/t39-,41-,42-,43-,44-,46-,47+,49+,50-,51-,52-,55-,56-,57-,58-,59+,63+;15-,16+,19?;;;/m01.../s1. The fraction of sp³-hybridized carbons (Fsp3) is 0.748. The van der Waals surface area contributed by atoms with Crippen molar-refractivity contribution in [2.45, 2.75) is 381 Å². The lowest BCUT2D eigenvalue weighted by Crippen LogP contribution is -2.63. The molecule has 35 heteroatoms. The van der Waals surface area contributed by atoms with Gasteiger partial charge in [-0.05, 0) is 195 Å². The van der Waals surface area contributed by atoms with Crippen molar-refractivity contribution in [2.75, 3.05) is 32.8 Å². The van der Waals surface area contributed by atoms with Gasteiger partial charge in [-0.25, -0.2) is 10.9 Å². The van der Waals surface area contributed by atoms with Crippen molar-refractivity contribution in [3.63, 3.8) is 0 Å². The Morgan fingerprint density at radius 2 is 1.49 bits per heavy atom. The van der Waals surface area contributed by atoms with Crippen LogP contribution in [0.15, 0.2) is 77.5 Å². The number of cyclic esters (lactones) is 1. The SMILES string of the molecule is CCC(=O)C(NC(=O)[C@@H]1CCCNN1C(=O)[C@H](CCC(C)C)CC(=O)O)C(C)C.CCOC(O)C1CCC=NN1.CC[C@H]1C[C@H](C)[C@@]2(CC1=O)O[C@@H](C[C@H](O)[C@@H](C)CC/C=C/C=C(\C)[C@@H]1C/C=C/C=C/[C@H](O)[C@H](C)[C@@H](O)[C@@H](CCC(C)C)C(=O)N[C@@H](C(C)C)C(=O)C[C@@H](Cc3cccc(O)c3)C(=O)N3CCC[C@H](N3)C(=O)O1)[C@H](C)[C@H](O)[C@@H]2C.O=C(O)C1CC(Cl)CCN1.O=C(O)C1NCCCC1O. The van der Waals surface area contributed by atoms with Crippen LogP contribution in [0.3, 0.4) is 0 Å². The molecule has 782 valence electrons. The second-order valence-electron chi connectivity index (χ2n) is 40.5. The highest BCUT2D eigenvalue weighted by atomic mass is 35.5. The zero-order valence-corrected chi connectivity index (χ0v) is 85.5. The molecular weight excluding hydrogens is 1800 g/mol. The monoisotopic (exact) mass is 1970 g/mol. The van der Waals surface area contributed by atoms with E-state index >= 15 is 0 Å². The largest absolute Gasteiger partial charge is 0.508 e. The summed E-state index contributed by atoms with van der Waals surface area (Å²) >= 11 is 5.75. The number of aliphatic hydroxyl groups is 6. The smallest absolute Gasteiger partial charge is 0.325 e. The van der Waals surface area contributed by atoms with Crippen LogP contribution in [0.25, 0.3) is 0 Å². The number of amides is 4. The Labute approximate surface area is 823 Å². The van der Waals surface area contributed by atoms with Crippen LogP contribution in [-0.4, -0.2) is 267 Å². The highest BCUT2D eigenvalue weighted by Crippen LogP contribution is 2.51. The van der Waals surface area contributed by atoms with Crippen molar-refractivity contribution in [2.24, 2.45) is 82.0 Å². The number of aliphatic carboxylic acids is 3. The minimum absolute atomic E-state index is 0.00662. The van der Waals surface area contributed by atoms with E-state index in [2.05, 4.69) is 49.6 Å². The minimum atomic E-state index is -1.26. The summed E-state index contributed by atoms with van der Waals surface area (Å²) in [7, 11) is 0. The number of rotatable bonds is 31. The summed E-state index contributed by atoms with van der Waals surface area (Å²) in [6.45, 7) is 35.5. The number of esters is 1. The molecule has 1 saturated carbocycles. The number of benzene rings is 1. The third-order valence-electron chi connectivity index (χ3n) is 28.1. The Balaban J connectivity index is 0.000000444. The topological polar surface area (TPSA) is 521 Å². The maximum Gasteiger partial charge on any atom is 0.325 e. The number of ether oxygens (including phenoxy) is 3. The van der Waals surface area contributed by atoms with Gasteiger partial charge in [0.05, 0.1) is 78.6 Å². The number of carbonyl (C=O) groups excluding carboxylic acids is 8. The second kappa shape index (κ2) is 61.1. The number of carboxylic acid groups (broad SMARTS) is 3. The number of Topliss-reactive ketones (excluding diaryl/α,β-unsaturated/α-hetero) is 3. The number of aliphatic hydroxyl groups excluding tert-OH is 6. The van der Waals surface area contributed by atoms with Crippen LogP contribution in [0.4, 0.5) is 0 Å². The van der Waals surface area contributed by atoms with Gasteiger partial charge in [0.1, 0.15) is 41.8 Å². The van der Waals surface area contributed by atoms with Gasteiger partial charge in [-0.3, -0.25) is 62.8 Å². The van der Waals surface area contributed by atoms with Crippen LogP contribution < -0.4 is 37.5 Å². The van der Waals surface area contributed by atoms with Crippen LogP contribution in [0.2, 0.25) is 0 Å². The summed E-state index contributed by atoms with van der Waals surface area (Å²) in [6.07, 6.45) is 20.5.